The van der Waals surface area contributed by atoms with Crippen LogP contribution in [0.5, 0.6) is 0 Å². The SMILES string of the molecule is CC(NS(=O)(=O)c1[nH]ncc1C(=O)O)c1cccnc1. The first-order valence-electron chi connectivity index (χ1n) is 5.60. The third kappa shape index (κ3) is 2.83. The molecular formula is C11H12N4O4S. The molecule has 1 unspecified atom stereocenters. The van der Waals surface area contributed by atoms with Crippen molar-refractivity contribution in [1.82, 2.24) is 19.9 Å². The number of carbonyl (C=O) groups is 1. The Morgan fingerprint density at radius 2 is 2.20 bits per heavy atom. The van der Waals surface area contributed by atoms with Crippen LogP contribution in [-0.2, 0) is 10.0 Å². The minimum absolute atomic E-state index is 0.407. The molecule has 9 heteroatoms. The minimum atomic E-state index is -4.02. The molecule has 0 fully saturated rings. The fraction of sp³-hybridized carbons (Fsp3) is 0.182. The van der Waals surface area contributed by atoms with Gasteiger partial charge in [0.15, 0.2) is 5.03 Å². The average molecular weight is 296 g/mol. The number of aromatic nitrogens is 3. The zero-order valence-electron chi connectivity index (χ0n) is 10.4. The molecular weight excluding hydrogens is 284 g/mol. The van der Waals surface area contributed by atoms with Crippen molar-refractivity contribution in [1.29, 1.82) is 0 Å². The molecule has 20 heavy (non-hydrogen) atoms. The first-order chi connectivity index (χ1) is 9.42. The monoisotopic (exact) mass is 296 g/mol. The molecule has 0 bridgehead atoms. The Balaban J connectivity index is 2.28. The van der Waals surface area contributed by atoms with Gasteiger partial charge in [-0.25, -0.2) is 17.9 Å². The van der Waals surface area contributed by atoms with Crippen LogP contribution in [0.3, 0.4) is 0 Å². The number of hydrogen-bond acceptors (Lipinski definition) is 5. The van der Waals surface area contributed by atoms with E-state index in [9.17, 15) is 13.2 Å². The van der Waals surface area contributed by atoms with Crippen molar-refractivity contribution < 1.29 is 18.3 Å². The lowest BCUT2D eigenvalue weighted by molar-refractivity contribution is 0.0692. The van der Waals surface area contributed by atoms with Crippen LogP contribution in [0.25, 0.3) is 0 Å². The lowest BCUT2D eigenvalue weighted by Crippen LogP contribution is -2.28. The summed E-state index contributed by atoms with van der Waals surface area (Å²) in [6.07, 6.45) is 4.05. The summed E-state index contributed by atoms with van der Waals surface area (Å²) >= 11 is 0. The second kappa shape index (κ2) is 5.39. The van der Waals surface area contributed by atoms with Gasteiger partial charge in [-0.15, -0.1) is 0 Å². The smallest absolute Gasteiger partial charge is 0.340 e. The molecule has 2 heterocycles. The van der Waals surface area contributed by atoms with Crippen LogP contribution in [0, 0.1) is 0 Å². The quantitative estimate of drug-likeness (QED) is 0.739. The molecule has 2 rings (SSSR count). The largest absolute Gasteiger partial charge is 0.478 e. The van der Waals surface area contributed by atoms with E-state index in [2.05, 4.69) is 19.9 Å². The molecule has 0 radical (unpaired) electrons. The zero-order chi connectivity index (χ0) is 14.8. The Bertz CT molecular complexity index is 711. The van der Waals surface area contributed by atoms with Crippen LogP contribution in [0.1, 0.15) is 28.9 Å². The summed E-state index contributed by atoms with van der Waals surface area (Å²) in [5.74, 6) is -1.37. The Labute approximate surface area is 114 Å². The fourth-order valence-electron chi connectivity index (χ4n) is 1.62. The summed E-state index contributed by atoms with van der Waals surface area (Å²) in [7, 11) is -4.02. The van der Waals surface area contributed by atoms with Gasteiger partial charge in [0.1, 0.15) is 5.56 Å². The minimum Gasteiger partial charge on any atom is -0.478 e. The number of carboxylic acids is 1. The molecule has 2 aromatic heterocycles. The molecule has 3 N–H and O–H groups in total. The number of nitrogens with zero attached hydrogens (tertiary/aromatic N) is 2. The van der Waals surface area contributed by atoms with Gasteiger partial charge in [0.05, 0.1) is 6.20 Å². The second-order valence-corrected chi connectivity index (χ2v) is 5.70. The van der Waals surface area contributed by atoms with E-state index in [1.807, 2.05) is 0 Å². The number of aromatic carboxylic acids is 1. The van der Waals surface area contributed by atoms with E-state index in [1.54, 1.807) is 25.3 Å². The van der Waals surface area contributed by atoms with Crippen molar-refractivity contribution in [3.8, 4) is 0 Å². The molecule has 1 atom stereocenters. The maximum atomic E-state index is 12.1. The number of hydrogen-bond donors (Lipinski definition) is 3. The number of nitrogens with one attached hydrogen (secondary N) is 2. The number of aromatic amines is 1. The topological polar surface area (TPSA) is 125 Å². The molecule has 0 aromatic carbocycles. The van der Waals surface area contributed by atoms with E-state index in [-0.39, 0.29) is 0 Å². The van der Waals surface area contributed by atoms with E-state index >= 15 is 0 Å². The summed E-state index contributed by atoms with van der Waals surface area (Å²) in [4.78, 5) is 14.8. The van der Waals surface area contributed by atoms with Gasteiger partial charge in [-0.2, -0.15) is 5.10 Å². The van der Waals surface area contributed by atoms with E-state index in [0.29, 0.717) is 5.56 Å². The lowest BCUT2D eigenvalue weighted by Gasteiger charge is -2.13. The highest BCUT2D eigenvalue weighted by molar-refractivity contribution is 7.89. The molecule has 0 aliphatic rings. The number of sulfonamides is 1. The van der Waals surface area contributed by atoms with Crippen molar-refractivity contribution in [2.75, 3.05) is 0 Å². The van der Waals surface area contributed by atoms with E-state index in [0.717, 1.165) is 6.20 Å². The van der Waals surface area contributed by atoms with Gasteiger partial charge in [0.25, 0.3) is 10.0 Å². The van der Waals surface area contributed by atoms with E-state index < -0.39 is 32.6 Å². The average Bonchev–Trinajstić information content (AvgIpc) is 2.89. The molecule has 106 valence electrons. The van der Waals surface area contributed by atoms with Crippen molar-refractivity contribution in [2.45, 2.75) is 18.0 Å². The van der Waals surface area contributed by atoms with Crippen molar-refractivity contribution in [3.63, 3.8) is 0 Å². The fourth-order valence-corrected chi connectivity index (χ4v) is 2.95. The third-order valence-corrected chi connectivity index (χ3v) is 4.13. The maximum absolute atomic E-state index is 12.1. The highest BCUT2D eigenvalue weighted by Gasteiger charge is 2.26. The Morgan fingerprint density at radius 3 is 2.80 bits per heavy atom. The molecule has 0 saturated carbocycles. The van der Waals surface area contributed by atoms with Crippen LogP contribution >= 0.6 is 0 Å². The van der Waals surface area contributed by atoms with E-state index in [4.69, 9.17) is 5.11 Å². The number of H-pyrrole nitrogens is 1. The van der Waals surface area contributed by atoms with Gasteiger partial charge in [-0.3, -0.25) is 10.1 Å². The number of pyridine rings is 1. The molecule has 0 aliphatic heterocycles. The summed E-state index contributed by atoms with van der Waals surface area (Å²) in [5, 5.41) is 14.1. The lowest BCUT2D eigenvalue weighted by atomic mass is 10.2. The normalized spacial score (nSPS) is 13.1. The zero-order valence-corrected chi connectivity index (χ0v) is 11.3. The van der Waals surface area contributed by atoms with E-state index in [1.165, 1.54) is 6.20 Å². The number of rotatable bonds is 5. The molecule has 0 spiro atoms. The standard InChI is InChI=1S/C11H12N4O4S/c1-7(8-3-2-4-12-5-8)15-20(18,19)10-9(11(16)17)6-13-14-10/h2-7,15H,1H3,(H,13,14)(H,16,17). The molecule has 2 aromatic rings. The Kier molecular flexibility index (Phi) is 3.81. The first kappa shape index (κ1) is 14.2. The van der Waals surface area contributed by atoms with Crippen molar-refractivity contribution in [3.05, 3.63) is 41.9 Å². The van der Waals surface area contributed by atoms with Crippen LogP contribution in [0.4, 0.5) is 0 Å². The van der Waals surface area contributed by atoms with Crippen LogP contribution in [0.2, 0.25) is 0 Å². The predicted octanol–water partition coefficient (Wildman–Crippen LogP) is 0.542. The van der Waals surface area contributed by atoms with Crippen molar-refractivity contribution >= 4 is 16.0 Å². The highest BCUT2D eigenvalue weighted by atomic mass is 32.2. The third-order valence-electron chi connectivity index (χ3n) is 2.62. The van der Waals surface area contributed by atoms with Gasteiger partial charge in [-0.05, 0) is 18.6 Å². The van der Waals surface area contributed by atoms with Crippen LogP contribution in [-0.4, -0.2) is 34.7 Å². The Morgan fingerprint density at radius 1 is 1.45 bits per heavy atom. The predicted molar refractivity (Wildman–Crippen MR) is 68.5 cm³/mol. The van der Waals surface area contributed by atoms with Gasteiger partial charge in [-0.1, -0.05) is 6.07 Å². The first-order valence-corrected chi connectivity index (χ1v) is 7.09. The van der Waals surface area contributed by atoms with Gasteiger partial charge >= 0.3 is 5.97 Å². The van der Waals surface area contributed by atoms with Crippen LogP contribution in [0.15, 0.2) is 35.7 Å². The molecule has 8 nitrogen and oxygen atoms in total. The van der Waals surface area contributed by atoms with Gasteiger partial charge in [0, 0.05) is 18.4 Å². The maximum Gasteiger partial charge on any atom is 0.340 e. The van der Waals surface area contributed by atoms with Crippen LogP contribution < -0.4 is 4.72 Å². The highest BCUT2D eigenvalue weighted by Crippen LogP contribution is 2.17. The molecule has 0 amide bonds. The summed E-state index contributed by atoms with van der Waals surface area (Å²) < 4.78 is 26.6. The molecule has 0 aliphatic carbocycles. The number of carboxylic acid groups (broad SMARTS) is 1. The summed E-state index contributed by atoms with van der Waals surface area (Å²) in [5.41, 5.74) is 0.253. The van der Waals surface area contributed by atoms with Gasteiger partial charge in [0.2, 0.25) is 0 Å². The summed E-state index contributed by atoms with van der Waals surface area (Å²) in [6.45, 7) is 1.63. The van der Waals surface area contributed by atoms with Crippen molar-refractivity contribution in [2.24, 2.45) is 0 Å². The second-order valence-electron chi connectivity index (χ2n) is 4.05. The molecule has 0 saturated heterocycles. The van der Waals surface area contributed by atoms with Gasteiger partial charge < -0.3 is 5.11 Å². The summed E-state index contributed by atoms with van der Waals surface area (Å²) in [6, 6.07) is 2.84. The Hall–Kier alpha value is -2.26.